The Morgan fingerprint density at radius 1 is 0.929 bits per heavy atom. The minimum Gasteiger partial charge on any atom is -0.385 e. The van der Waals surface area contributed by atoms with Crippen molar-refractivity contribution in [1.29, 1.82) is 0 Å². The highest BCUT2D eigenvalue weighted by molar-refractivity contribution is 5.26. The van der Waals surface area contributed by atoms with E-state index in [0.717, 1.165) is 49.7 Å². The predicted molar refractivity (Wildman–Crippen MR) is 119 cm³/mol. The van der Waals surface area contributed by atoms with Gasteiger partial charge in [0.25, 0.3) is 0 Å². The van der Waals surface area contributed by atoms with Crippen LogP contribution in [0.5, 0.6) is 0 Å². The van der Waals surface area contributed by atoms with Crippen LogP contribution in [0.3, 0.4) is 0 Å². The number of unbranched alkanes of at least 4 members (excludes halogenated alkanes) is 5. The Balaban J connectivity index is 1.64. The van der Waals surface area contributed by atoms with E-state index in [1.807, 2.05) is 0 Å². The number of alkyl halides is 1. The van der Waals surface area contributed by atoms with Gasteiger partial charge in [0.2, 0.25) is 0 Å². The van der Waals surface area contributed by atoms with Gasteiger partial charge in [0, 0.05) is 20.1 Å². The molecule has 2 heteroatoms. The molecule has 1 aromatic carbocycles. The third-order valence-electron chi connectivity index (χ3n) is 6.59. The van der Waals surface area contributed by atoms with E-state index in [1.54, 1.807) is 7.11 Å². The molecule has 28 heavy (non-hydrogen) atoms. The fraction of sp³-hybridized carbons (Fsp3) is 0.769. The fourth-order valence-electron chi connectivity index (χ4n) is 4.72. The largest absolute Gasteiger partial charge is 0.385 e. The van der Waals surface area contributed by atoms with Crippen molar-refractivity contribution in [2.24, 2.45) is 5.92 Å². The zero-order valence-corrected chi connectivity index (χ0v) is 18.4. The Labute approximate surface area is 173 Å². The first kappa shape index (κ1) is 23.4. The maximum Gasteiger partial charge on any atom is 0.104 e. The third kappa shape index (κ3) is 9.07. The summed E-state index contributed by atoms with van der Waals surface area (Å²) >= 11 is 0. The van der Waals surface area contributed by atoms with Crippen molar-refractivity contribution in [2.45, 2.75) is 109 Å². The lowest BCUT2D eigenvalue weighted by molar-refractivity contribution is 0.191. The molecule has 1 fully saturated rings. The number of halogens is 1. The van der Waals surface area contributed by atoms with Gasteiger partial charge in [0.1, 0.15) is 6.17 Å². The van der Waals surface area contributed by atoms with Gasteiger partial charge in [-0.2, -0.15) is 0 Å². The average Bonchev–Trinajstić information content (AvgIpc) is 2.72. The molecular formula is C26H43FO. The van der Waals surface area contributed by atoms with Gasteiger partial charge in [-0.25, -0.2) is 4.39 Å². The quantitative estimate of drug-likeness (QED) is 0.292. The molecule has 1 aromatic rings. The number of methoxy groups -OCH3 is 1. The van der Waals surface area contributed by atoms with Gasteiger partial charge in [-0.15, -0.1) is 0 Å². The van der Waals surface area contributed by atoms with Crippen LogP contribution in [0.1, 0.15) is 107 Å². The van der Waals surface area contributed by atoms with Gasteiger partial charge >= 0.3 is 0 Å². The lowest BCUT2D eigenvalue weighted by atomic mass is 9.77. The third-order valence-corrected chi connectivity index (χ3v) is 6.59. The second-order valence-corrected chi connectivity index (χ2v) is 8.95. The zero-order valence-electron chi connectivity index (χ0n) is 18.4. The van der Waals surface area contributed by atoms with Crippen LogP contribution in [0.4, 0.5) is 4.39 Å². The summed E-state index contributed by atoms with van der Waals surface area (Å²) in [5.74, 6) is 1.69. The van der Waals surface area contributed by atoms with Crippen LogP contribution in [0.2, 0.25) is 0 Å². The van der Waals surface area contributed by atoms with Crippen LogP contribution in [0.15, 0.2) is 24.3 Å². The minimum atomic E-state index is -0.702. The molecule has 0 bridgehead atoms. The first-order chi connectivity index (χ1) is 13.7. The molecule has 1 saturated carbocycles. The van der Waals surface area contributed by atoms with E-state index >= 15 is 0 Å². The smallest absolute Gasteiger partial charge is 0.104 e. The normalized spacial score (nSPS) is 21.0. The standard InChI is InChI=1S/C26H43FO/c1-3-4-7-10-22-12-16-24(17-13-22)25-18-14-23(15-19-25)21-26(27)11-8-5-6-9-20-28-2/h14-15,18-19,22,24,26H,3-13,16-17,20-21H2,1-2H3. The predicted octanol–water partition coefficient (Wildman–Crippen LogP) is 8.02. The van der Waals surface area contributed by atoms with E-state index in [0.29, 0.717) is 12.8 Å². The van der Waals surface area contributed by atoms with Crippen molar-refractivity contribution in [3.05, 3.63) is 35.4 Å². The summed E-state index contributed by atoms with van der Waals surface area (Å²) in [6, 6.07) is 8.89. The first-order valence-corrected chi connectivity index (χ1v) is 11.9. The van der Waals surface area contributed by atoms with Crippen LogP contribution in [0.25, 0.3) is 0 Å². The number of hydrogen-bond acceptors (Lipinski definition) is 1. The van der Waals surface area contributed by atoms with E-state index in [9.17, 15) is 4.39 Å². The lowest BCUT2D eigenvalue weighted by Crippen LogP contribution is -2.13. The average molecular weight is 391 g/mol. The van der Waals surface area contributed by atoms with Crippen molar-refractivity contribution in [1.82, 2.24) is 0 Å². The SMILES string of the molecule is CCCCCC1CCC(c2ccc(CC(F)CCCCCCOC)cc2)CC1. The molecule has 1 aliphatic carbocycles. The summed E-state index contributed by atoms with van der Waals surface area (Å²) in [4.78, 5) is 0. The highest BCUT2D eigenvalue weighted by atomic mass is 19.1. The van der Waals surface area contributed by atoms with E-state index in [4.69, 9.17) is 4.74 Å². The summed E-state index contributed by atoms with van der Waals surface area (Å²) in [5.41, 5.74) is 2.63. The van der Waals surface area contributed by atoms with Gasteiger partial charge in [-0.05, 0) is 61.5 Å². The van der Waals surface area contributed by atoms with Gasteiger partial charge < -0.3 is 4.74 Å². The molecule has 0 radical (unpaired) electrons. The number of ether oxygens (including phenoxy) is 1. The summed E-state index contributed by atoms with van der Waals surface area (Å²) in [6.07, 6.45) is 15.9. The maximum absolute atomic E-state index is 14.3. The van der Waals surface area contributed by atoms with Crippen LogP contribution in [-0.2, 0) is 11.2 Å². The molecule has 0 spiro atoms. The number of rotatable bonds is 14. The topological polar surface area (TPSA) is 9.23 Å². The van der Waals surface area contributed by atoms with Gasteiger partial charge in [0.05, 0.1) is 0 Å². The van der Waals surface area contributed by atoms with Crippen LogP contribution in [-0.4, -0.2) is 19.9 Å². The lowest BCUT2D eigenvalue weighted by Gasteiger charge is -2.29. The molecule has 0 saturated heterocycles. The van der Waals surface area contributed by atoms with Gasteiger partial charge in [-0.1, -0.05) is 76.1 Å². The van der Waals surface area contributed by atoms with E-state index in [-0.39, 0.29) is 0 Å². The summed E-state index contributed by atoms with van der Waals surface area (Å²) in [5, 5.41) is 0. The molecule has 1 aliphatic rings. The molecule has 0 heterocycles. The zero-order chi connectivity index (χ0) is 20.0. The summed E-state index contributed by atoms with van der Waals surface area (Å²) in [7, 11) is 1.74. The Hall–Kier alpha value is -0.890. The van der Waals surface area contributed by atoms with Crippen molar-refractivity contribution in [3.63, 3.8) is 0 Å². The molecule has 0 aromatic heterocycles. The molecular weight excluding hydrogens is 347 g/mol. The summed E-state index contributed by atoms with van der Waals surface area (Å²) in [6.45, 7) is 3.11. The van der Waals surface area contributed by atoms with Crippen LogP contribution >= 0.6 is 0 Å². The fourth-order valence-corrected chi connectivity index (χ4v) is 4.72. The highest BCUT2D eigenvalue weighted by Gasteiger charge is 2.22. The Morgan fingerprint density at radius 3 is 2.32 bits per heavy atom. The highest BCUT2D eigenvalue weighted by Crippen LogP contribution is 2.37. The van der Waals surface area contributed by atoms with Crippen molar-refractivity contribution < 1.29 is 9.13 Å². The Kier molecular flexibility index (Phi) is 11.8. The molecule has 0 N–H and O–H groups in total. The van der Waals surface area contributed by atoms with Crippen molar-refractivity contribution >= 4 is 0 Å². The maximum atomic E-state index is 14.3. The minimum absolute atomic E-state index is 0.572. The van der Waals surface area contributed by atoms with Crippen LogP contribution in [0, 0.1) is 5.92 Å². The number of benzene rings is 1. The first-order valence-electron chi connectivity index (χ1n) is 11.9. The molecule has 0 amide bonds. The molecule has 1 atom stereocenters. The van der Waals surface area contributed by atoms with E-state index < -0.39 is 6.17 Å². The van der Waals surface area contributed by atoms with Crippen molar-refractivity contribution in [2.75, 3.05) is 13.7 Å². The molecule has 1 nitrogen and oxygen atoms in total. The monoisotopic (exact) mass is 390 g/mol. The second kappa shape index (κ2) is 14.1. The van der Waals surface area contributed by atoms with E-state index in [1.165, 1.54) is 56.9 Å². The van der Waals surface area contributed by atoms with Gasteiger partial charge in [-0.3, -0.25) is 0 Å². The Bertz CT molecular complexity index is 490. The second-order valence-electron chi connectivity index (χ2n) is 8.95. The molecule has 0 aliphatic heterocycles. The Morgan fingerprint density at radius 2 is 1.64 bits per heavy atom. The molecule has 1 unspecified atom stereocenters. The summed E-state index contributed by atoms with van der Waals surface area (Å²) < 4.78 is 19.3. The molecule has 160 valence electrons. The number of hydrogen-bond donors (Lipinski definition) is 0. The van der Waals surface area contributed by atoms with E-state index in [2.05, 4.69) is 31.2 Å². The molecule has 2 rings (SSSR count). The van der Waals surface area contributed by atoms with Crippen molar-refractivity contribution in [3.8, 4) is 0 Å². The van der Waals surface area contributed by atoms with Gasteiger partial charge in [0.15, 0.2) is 0 Å². The van der Waals surface area contributed by atoms with Crippen LogP contribution < -0.4 is 0 Å².